The Hall–Kier alpha value is -2.56. The van der Waals surface area contributed by atoms with Gasteiger partial charge in [0.2, 0.25) is 5.88 Å². The molecule has 1 saturated heterocycles. The summed E-state index contributed by atoms with van der Waals surface area (Å²) in [6.45, 7) is 5.72. The van der Waals surface area contributed by atoms with Crippen LogP contribution in [0.5, 0.6) is 0 Å². The number of thiazole rings is 1. The predicted octanol–water partition coefficient (Wildman–Crippen LogP) is 4.87. The van der Waals surface area contributed by atoms with Crippen LogP contribution in [0, 0.1) is 0 Å². The molecule has 1 atom stereocenters. The molecular weight excluding hydrogens is 574 g/mol. The number of allylic oxidation sites excluding steroid dienone is 1. The quantitative estimate of drug-likeness (QED) is 0.296. The number of furan rings is 1. The van der Waals surface area contributed by atoms with Gasteiger partial charge in [0.05, 0.1) is 32.9 Å². The lowest BCUT2D eigenvalue weighted by molar-refractivity contribution is -0.139. The Kier molecular flexibility index (Phi) is 7.78. The summed E-state index contributed by atoms with van der Waals surface area (Å²) in [5.41, 5.74) is 1.55. The van der Waals surface area contributed by atoms with Crippen molar-refractivity contribution in [1.82, 2.24) is 4.57 Å². The molecule has 0 saturated carbocycles. The first-order valence-electron chi connectivity index (χ1n) is 12.3. The number of esters is 1. The average Bonchev–Trinajstić information content (AvgIpc) is 3.42. The number of benzene rings is 1. The summed E-state index contributed by atoms with van der Waals surface area (Å²) in [6, 6.07) is 9.18. The van der Waals surface area contributed by atoms with E-state index in [0.717, 1.165) is 46.7 Å². The van der Waals surface area contributed by atoms with E-state index in [9.17, 15) is 9.59 Å². The van der Waals surface area contributed by atoms with Gasteiger partial charge in [-0.3, -0.25) is 9.36 Å². The van der Waals surface area contributed by atoms with Gasteiger partial charge in [-0.2, -0.15) is 0 Å². The third kappa shape index (κ3) is 5.11. The number of nitrogens with zero attached hydrogens (tertiary/aromatic N) is 3. The Bertz CT molecular complexity index is 1530. The second-order valence-corrected chi connectivity index (χ2v) is 11.7. The first kappa shape index (κ1) is 26.1. The number of aromatic nitrogens is 1. The minimum Gasteiger partial charge on any atom is -0.463 e. The lowest BCUT2D eigenvalue weighted by Gasteiger charge is -2.26. The van der Waals surface area contributed by atoms with Crippen LogP contribution in [-0.4, -0.2) is 36.5 Å². The number of carbonyl (C=O) groups is 1. The molecule has 2 aromatic heterocycles. The smallest absolute Gasteiger partial charge is 0.338 e. The van der Waals surface area contributed by atoms with Crippen molar-refractivity contribution in [1.29, 1.82) is 0 Å². The fourth-order valence-corrected chi connectivity index (χ4v) is 6.77. The minimum atomic E-state index is -0.624. The Morgan fingerprint density at radius 3 is 2.68 bits per heavy atom. The zero-order valence-electron chi connectivity index (χ0n) is 21.0. The third-order valence-corrected chi connectivity index (χ3v) is 8.85. The molecule has 5 rings (SSSR count). The van der Waals surface area contributed by atoms with Crippen molar-refractivity contribution < 1.29 is 13.9 Å². The van der Waals surface area contributed by atoms with Crippen molar-refractivity contribution in [3.05, 3.63) is 77.1 Å². The lowest BCUT2D eigenvalue weighted by atomic mass is 9.96. The molecule has 4 heterocycles. The van der Waals surface area contributed by atoms with Crippen LogP contribution in [-0.2, 0) is 9.53 Å². The number of carbonyl (C=O) groups excluding carboxylic acids is 1. The summed E-state index contributed by atoms with van der Waals surface area (Å²) in [5.74, 6) is 0.934. The monoisotopic (exact) mass is 601 g/mol. The number of halogens is 1. The number of anilines is 1. The number of ether oxygens (including phenoxy) is 1. The van der Waals surface area contributed by atoms with Crippen molar-refractivity contribution in [2.24, 2.45) is 4.99 Å². The number of piperidine rings is 1. The summed E-state index contributed by atoms with van der Waals surface area (Å²) in [4.78, 5) is 35.4. The van der Waals surface area contributed by atoms with E-state index >= 15 is 0 Å². The maximum absolute atomic E-state index is 13.8. The van der Waals surface area contributed by atoms with Gasteiger partial charge in [-0.05, 0) is 73.0 Å². The molecule has 2 aliphatic heterocycles. The lowest BCUT2D eigenvalue weighted by Crippen LogP contribution is -2.39. The molecule has 37 heavy (non-hydrogen) atoms. The normalized spacial score (nSPS) is 18.1. The van der Waals surface area contributed by atoms with Crippen LogP contribution in [0.3, 0.4) is 0 Å². The summed E-state index contributed by atoms with van der Waals surface area (Å²) in [7, 11) is 0. The van der Waals surface area contributed by atoms with E-state index in [1.165, 1.54) is 17.8 Å². The minimum absolute atomic E-state index is 0.218. The summed E-state index contributed by atoms with van der Waals surface area (Å²) in [6.07, 6.45) is 7.29. The highest BCUT2D eigenvalue weighted by atomic mass is 79.9. The summed E-state index contributed by atoms with van der Waals surface area (Å²) in [5, 5.41) is 0. The predicted molar refractivity (Wildman–Crippen MR) is 151 cm³/mol. The molecule has 1 fully saturated rings. The number of hydrogen-bond acceptors (Lipinski definition) is 8. The SMILES string of the molecule is CCOC(=O)C1=C(C)N=c2s/c(=C/c3cc(Br)c(N4CCCCC4)o3)c(=O)n2[C@@H]1c1ccc(SC)cc1. The second kappa shape index (κ2) is 11.0. The molecule has 3 aromatic rings. The van der Waals surface area contributed by atoms with E-state index < -0.39 is 12.0 Å². The van der Waals surface area contributed by atoms with Gasteiger partial charge in [-0.1, -0.05) is 23.5 Å². The Balaban J connectivity index is 1.62. The second-order valence-electron chi connectivity index (χ2n) is 8.93. The van der Waals surface area contributed by atoms with Crippen LogP contribution < -0.4 is 19.8 Å². The molecule has 1 aromatic carbocycles. The van der Waals surface area contributed by atoms with Crippen LogP contribution in [0.2, 0.25) is 0 Å². The van der Waals surface area contributed by atoms with E-state index in [1.54, 1.807) is 36.3 Å². The fourth-order valence-electron chi connectivity index (χ4n) is 4.78. The van der Waals surface area contributed by atoms with E-state index in [-0.39, 0.29) is 12.2 Å². The zero-order chi connectivity index (χ0) is 26.1. The van der Waals surface area contributed by atoms with Gasteiger partial charge in [0, 0.05) is 30.1 Å². The molecule has 0 spiro atoms. The molecule has 0 amide bonds. The highest BCUT2D eigenvalue weighted by Crippen LogP contribution is 2.33. The number of thioether (sulfide) groups is 1. The maximum Gasteiger partial charge on any atom is 0.338 e. The number of fused-ring (bicyclic) bond motifs is 1. The van der Waals surface area contributed by atoms with Crippen LogP contribution in [0.4, 0.5) is 5.88 Å². The molecule has 194 valence electrons. The Morgan fingerprint density at radius 2 is 2.00 bits per heavy atom. The molecule has 0 radical (unpaired) electrons. The largest absolute Gasteiger partial charge is 0.463 e. The molecular formula is C27H28BrN3O4S2. The van der Waals surface area contributed by atoms with Crippen LogP contribution in [0.15, 0.2) is 65.2 Å². The standard InChI is InChI=1S/C27H28BrN3O4S2/c1-4-34-26(33)22-16(2)29-27-31(23(22)17-8-10-19(36-3)11-9-17)24(32)21(37-27)15-18-14-20(28)25(35-18)30-12-6-5-7-13-30/h8-11,14-15,23H,4-7,12-13H2,1-3H3/b21-15+/t23-/m1/s1. The highest BCUT2D eigenvalue weighted by Gasteiger charge is 2.33. The van der Waals surface area contributed by atoms with Crippen molar-refractivity contribution in [2.45, 2.75) is 44.0 Å². The molecule has 0 N–H and O–H groups in total. The average molecular weight is 603 g/mol. The van der Waals surface area contributed by atoms with Gasteiger partial charge in [0.25, 0.3) is 5.56 Å². The van der Waals surface area contributed by atoms with E-state index in [4.69, 9.17) is 9.15 Å². The van der Waals surface area contributed by atoms with Gasteiger partial charge in [-0.15, -0.1) is 11.8 Å². The van der Waals surface area contributed by atoms with Gasteiger partial charge in [-0.25, -0.2) is 9.79 Å². The van der Waals surface area contributed by atoms with Crippen molar-refractivity contribution in [3.63, 3.8) is 0 Å². The topological polar surface area (TPSA) is 77.0 Å². The van der Waals surface area contributed by atoms with Crippen LogP contribution in [0.25, 0.3) is 6.08 Å². The van der Waals surface area contributed by atoms with Gasteiger partial charge >= 0.3 is 5.97 Å². The van der Waals surface area contributed by atoms with Crippen molar-refractivity contribution in [3.8, 4) is 0 Å². The Morgan fingerprint density at radius 1 is 1.27 bits per heavy atom. The molecule has 2 aliphatic rings. The summed E-state index contributed by atoms with van der Waals surface area (Å²) < 4.78 is 14.5. The van der Waals surface area contributed by atoms with E-state index in [2.05, 4.69) is 25.8 Å². The fraction of sp³-hybridized carbons (Fsp3) is 0.370. The number of rotatable bonds is 6. The van der Waals surface area contributed by atoms with Gasteiger partial charge in [0.15, 0.2) is 4.80 Å². The van der Waals surface area contributed by atoms with E-state index in [0.29, 0.717) is 26.4 Å². The maximum atomic E-state index is 13.8. The van der Waals surface area contributed by atoms with Crippen molar-refractivity contribution in [2.75, 3.05) is 30.9 Å². The van der Waals surface area contributed by atoms with Crippen LogP contribution in [0.1, 0.15) is 50.5 Å². The van der Waals surface area contributed by atoms with E-state index in [1.807, 2.05) is 36.6 Å². The molecule has 10 heteroatoms. The molecule has 0 bridgehead atoms. The highest BCUT2D eigenvalue weighted by molar-refractivity contribution is 9.10. The van der Waals surface area contributed by atoms with Gasteiger partial charge < -0.3 is 14.1 Å². The Labute approximate surface area is 231 Å². The molecule has 0 unspecified atom stereocenters. The third-order valence-electron chi connectivity index (χ3n) is 6.55. The zero-order valence-corrected chi connectivity index (χ0v) is 24.2. The molecule has 7 nitrogen and oxygen atoms in total. The van der Waals surface area contributed by atoms with Gasteiger partial charge in [0.1, 0.15) is 5.76 Å². The first-order chi connectivity index (χ1) is 17.9. The summed E-state index contributed by atoms with van der Waals surface area (Å²) >= 11 is 6.56. The molecule has 0 aliphatic carbocycles. The first-order valence-corrected chi connectivity index (χ1v) is 15.1. The van der Waals surface area contributed by atoms with Crippen LogP contribution >= 0.6 is 39.0 Å². The number of hydrogen-bond donors (Lipinski definition) is 0. The van der Waals surface area contributed by atoms with Crippen molar-refractivity contribution >= 4 is 57.0 Å².